The van der Waals surface area contributed by atoms with Gasteiger partial charge in [-0.15, -0.1) is 0 Å². The number of ketones is 1. The minimum absolute atomic E-state index is 0.0486. The topological polar surface area (TPSA) is 68.3 Å². The number of hydrogen-bond acceptors (Lipinski definition) is 4. The van der Waals surface area contributed by atoms with Gasteiger partial charge in [-0.1, -0.05) is 30.0 Å². The lowest BCUT2D eigenvalue weighted by Crippen LogP contribution is -2.27. The van der Waals surface area contributed by atoms with Crippen LogP contribution >= 0.6 is 0 Å². The zero-order chi connectivity index (χ0) is 21.8. The third kappa shape index (κ3) is 4.51. The van der Waals surface area contributed by atoms with Crippen molar-refractivity contribution in [1.82, 2.24) is 4.98 Å². The van der Waals surface area contributed by atoms with Crippen LogP contribution in [0, 0.1) is 17.7 Å². The van der Waals surface area contributed by atoms with Crippen LogP contribution in [0.3, 0.4) is 0 Å². The highest BCUT2D eigenvalue weighted by atomic mass is 19.1. The van der Waals surface area contributed by atoms with E-state index < -0.39 is 17.5 Å². The maximum atomic E-state index is 13.4. The number of Topliss-reactive ketones (excluding diaryl/α,β-unsaturated/α-hetero) is 1. The van der Waals surface area contributed by atoms with Crippen LogP contribution in [0.5, 0.6) is 5.88 Å². The Morgan fingerprint density at radius 2 is 2.00 bits per heavy atom. The van der Waals surface area contributed by atoms with Crippen molar-refractivity contribution in [2.75, 3.05) is 12.4 Å². The predicted molar refractivity (Wildman–Crippen MR) is 115 cm³/mol. The van der Waals surface area contributed by atoms with Crippen molar-refractivity contribution >= 4 is 23.5 Å². The van der Waals surface area contributed by atoms with E-state index in [1.165, 1.54) is 24.3 Å². The first kappa shape index (κ1) is 20.0. The minimum Gasteiger partial charge on any atom is -0.481 e. The summed E-state index contributed by atoms with van der Waals surface area (Å²) in [6.07, 6.45) is 3.57. The minimum atomic E-state index is -0.521. The quantitative estimate of drug-likeness (QED) is 0.401. The number of halogens is 1. The molecule has 1 aliphatic rings. The first-order valence-corrected chi connectivity index (χ1v) is 9.48. The summed E-state index contributed by atoms with van der Waals surface area (Å²) in [4.78, 5) is 29.5. The van der Waals surface area contributed by atoms with E-state index in [1.54, 1.807) is 43.6 Å². The number of carbonyl (C=O) groups excluding carboxylic acids is 2. The zero-order valence-corrected chi connectivity index (χ0v) is 16.6. The fraction of sp³-hybridized carbons (Fsp3) is 0.0800. The molecule has 0 spiro atoms. The number of methoxy groups -OCH3 is 1. The third-order valence-corrected chi connectivity index (χ3v) is 4.69. The number of pyridine rings is 1. The van der Waals surface area contributed by atoms with Crippen LogP contribution < -0.4 is 10.1 Å². The van der Waals surface area contributed by atoms with Gasteiger partial charge in [0.05, 0.1) is 18.4 Å². The van der Waals surface area contributed by atoms with Crippen LogP contribution in [0.1, 0.15) is 27.0 Å². The summed E-state index contributed by atoms with van der Waals surface area (Å²) in [6, 6.07) is 14.4. The zero-order valence-electron chi connectivity index (χ0n) is 16.6. The van der Waals surface area contributed by atoms with Gasteiger partial charge in [-0.2, -0.15) is 0 Å². The second-order valence-corrected chi connectivity index (χ2v) is 6.84. The Kier molecular flexibility index (Phi) is 5.59. The molecule has 1 amide bonds. The summed E-state index contributed by atoms with van der Waals surface area (Å²) >= 11 is 0. The number of nitrogens with zero attached hydrogens (tertiary/aromatic N) is 1. The van der Waals surface area contributed by atoms with Gasteiger partial charge < -0.3 is 10.1 Å². The Morgan fingerprint density at radius 1 is 1.13 bits per heavy atom. The molecular formula is C25H17FN2O3. The SMILES string of the molecule is COc1ccc(CC#Cc2ccc3c(c2)C(=O)C(=Cc2cccc(F)c2)C(=O)N3)cn1. The molecule has 0 saturated heterocycles. The molecule has 2 heterocycles. The lowest BCUT2D eigenvalue weighted by Gasteiger charge is -2.18. The number of amides is 1. The van der Waals surface area contributed by atoms with E-state index in [0.29, 0.717) is 34.7 Å². The van der Waals surface area contributed by atoms with Gasteiger partial charge in [-0.3, -0.25) is 9.59 Å². The average Bonchev–Trinajstić information content (AvgIpc) is 2.77. The molecule has 0 saturated carbocycles. The Bertz CT molecular complexity index is 1270. The molecule has 0 bridgehead atoms. The monoisotopic (exact) mass is 412 g/mol. The van der Waals surface area contributed by atoms with Gasteiger partial charge in [0.25, 0.3) is 5.91 Å². The number of nitrogens with one attached hydrogen (secondary N) is 1. The summed E-state index contributed by atoms with van der Waals surface area (Å²) < 4.78 is 18.5. The van der Waals surface area contributed by atoms with Gasteiger partial charge in [0.1, 0.15) is 5.82 Å². The highest BCUT2D eigenvalue weighted by Gasteiger charge is 2.28. The summed E-state index contributed by atoms with van der Waals surface area (Å²) in [7, 11) is 1.56. The van der Waals surface area contributed by atoms with Gasteiger partial charge in [-0.05, 0) is 47.5 Å². The molecule has 3 aromatic rings. The molecule has 0 aliphatic carbocycles. The Hall–Kier alpha value is -4.24. The largest absolute Gasteiger partial charge is 0.481 e. The second-order valence-electron chi connectivity index (χ2n) is 6.84. The summed E-state index contributed by atoms with van der Waals surface area (Å²) in [5, 5.41) is 2.71. The van der Waals surface area contributed by atoms with Crippen molar-refractivity contribution < 1.29 is 18.7 Å². The fourth-order valence-corrected chi connectivity index (χ4v) is 3.14. The van der Waals surface area contributed by atoms with Crippen molar-refractivity contribution in [2.24, 2.45) is 0 Å². The Morgan fingerprint density at radius 3 is 2.74 bits per heavy atom. The summed E-state index contributed by atoms with van der Waals surface area (Å²) in [5.74, 6) is 5.24. The molecule has 0 atom stereocenters. The van der Waals surface area contributed by atoms with Crippen LogP contribution in [0.2, 0.25) is 0 Å². The lowest BCUT2D eigenvalue weighted by molar-refractivity contribution is -0.112. The normalized spacial score (nSPS) is 13.8. The average molecular weight is 412 g/mol. The van der Waals surface area contributed by atoms with Gasteiger partial charge in [0.2, 0.25) is 11.7 Å². The highest BCUT2D eigenvalue weighted by Crippen LogP contribution is 2.27. The van der Waals surface area contributed by atoms with Gasteiger partial charge >= 0.3 is 0 Å². The van der Waals surface area contributed by atoms with E-state index in [4.69, 9.17) is 4.74 Å². The molecule has 6 heteroatoms. The van der Waals surface area contributed by atoms with Crippen molar-refractivity contribution in [2.45, 2.75) is 6.42 Å². The first-order chi connectivity index (χ1) is 15.0. The maximum absolute atomic E-state index is 13.4. The molecule has 0 radical (unpaired) electrons. The number of carbonyl (C=O) groups is 2. The van der Waals surface area contributed by atoms with E-state index in [2.05, 4.69) is 22.1 Å². The Balaban J connectivity index is 1.58. The molecular weight excluding hydrogens is 395 g/mol. The molecule has 31 heavy (non-hydrogen) atoms. The van der Waals surface area contributed by atoms with E-state index >= 15 is 0 Å². The first-order valence-electron chi connectivity index (χ1n) is 9.48. The molecule has 1 N–H and O–H groups in total. The number of aromatic nitrogens is 1. The number of rotatable bonds is 3. The number of anilines is 1. The smallest absolute Gasteiger partial charge is 0.259 e. The third-order valence-electron chi connectivity index (χ3n) is 4.69. The number of hydrogen-bond donors (Lipinski definition) is 1. The van der Waals surface area contributed by atoms with Crippen LogP contribution in [0.4, 0.5) is 10.1 Å². The number of ether oxygens (including phenoxy) is 1. The van der Waals surface area contributed by atoms with Gasteiger partial charge in [0, 0.05) is 29.8 Å². The molecule has 4 rings (SSSR count). The molecule has 1 aromatic heterocycles. The van der Waals surface area contributed by atoms with Crippen molar-refractivity contribution in [3.05, 3.63) is 94.4 Å². The molecule has 0 fully saturated rings. The molecule has 0 unspecified atom stereocenters. The molecule has 1 aliphatic heterocycles. The van der Waals surface area contributed by atoms with Gasteiger partial charge in [0.15, 0.2) is 0 Å². The van der Waals surface area contributed by atoms with Gasteiger partial charge in [-0.25, -0.2) is 9.37 Å². The summed E-state index contributed by atoms with van der Waals surface area (Å²) in [6.45, 7) is 0. The molecule has 2 aromatic carbocycles. The standard InChI is InChI=1S/C25H17FN2O3/c1-31-23-11-9-17(15-27-23)5-2-4-16-8-10-22-20(13-16)24(29)21(25(30)28-22)14-18-6-3-7-19(26)12-18/h3,6-15H,5H2,1H3,(H,28,30). The van der Waals surface area contributed by atoms with Crippen molar-refractivity contribution in [1.29, 1.82) is 0 Å². The Labute approximate surface area is 178 Å². The van der Waals surface area contributed by atoms with Crippen LogP contribution in [0.15, 0.2) is 66.4 Å². The molecule has 152 valence electrons. The van der Waals surface area contributed by atoms with E-state index in [9.17, 15) is 14.0 Å². The highest BCUT2D eigenvalue weighted by molar-refractivity contribution is 6.36. The van der Waals surface area contributed by atoms with Crippen LogP contribution in [0.25, 0.3) is 6.08 Å². The fourth-order valence-electron chi connectivity index (χ4n) is 3.14. The predicted octanol–water partition coefficient (Wildman–Crippen LogP) is 4.04. The van der Waals surface area contributed by atoms with Crippen molar-refractivity contribution in [3.63, 3.8) is 0 Å². The number of benzene rings is 2. The molecule has 5 nitrogen and oxygen atoms in total. The second kappa shape index (κ2) is 8.64. The summed E-state index contributed by atoms with van der Waals surface area (Å²) in [5.41, 5.74) is 2.75. The van der Waals surface area contributed by atoms with E-state index in [1.807, 2.05) is 6.07 Å². The van der Waals surface area contributed by atoms with E-state index in [-0.39, 0.29) is 5.57 Å². The number of fused-ring (bicyclic) bond motifs is 1. The van der Waals surface area contributed by atoms with E-state index in [0.717, 1.165) is 5.56 Å². The lowest BCUT2D eigenvalue weighted by atomic mass is 9.93. The van der Waals surface area contributed by atoms with Crippen LogP contribution in [-0.4, -0.2) is 23.8 Å². The van der Waals surface area contributed by atoms with Crippen LogP contribution in [-0.2, 0) is 11.2 Å². The maximum Gasteiger partial charge on any atom is 0.259 e. The van der Waals surface area contributed by atoms with Crippen molar-refractivity contribution in [3.8, 4) is 17.7 Å².